The molecule has 9 nitrogen and oxygen atoms in total. The Morgan fingerprint density at radius 3 is 1.43 bits per heavy atom. The number of methoxy groups -OCH3 is 1. The van der Waals surface area contributed by atoms with E-state index in [1.165, 1.54) is 113 Å². The highest BCUT2D eigenvalue weighted by Gasteiger charge is 2.60. The fourth-order valence-corrected chi connectivity index (χ4v) is 15.0. The molecule has 0 heterocycles. The molecule has 8 aliphatic rings. The van der Waals surface area contributed by atoms with Crippen molar-refractivity contribution in [3.63, 3.8) is 0 Å². The molecule has 0 aromatic heterocycles. The number of nitrogens with one attached hydrogen (secondary N) is 2. The molecule has 0 amide bonds. The van der Waals surface area contributed by atoms with E-state index < -0.39 is 0 Å². The van der Waals surface area contributed by atoms with Gasteiger partial charge in [-0.2, -0.15) is 0 Å². The van der Waals surface area contributed by atoms with E-state index in [9.17, 15) is 14.4 Å². The fourth-order valence-electron chi connectivity index (χ4n) is 15.0. The highest BCUT2D eigenvalue weighted by Crippen LogP contribution is 2.69. The molecule has 8 saturated carbocycles. The van der Waals surface area contributed by atoms with Crippen molar-refractivity contribution in [1.29, 1.82) is 0 Å². The van der Waals surface area contributed by atoms with Gasteiger partial charge in [0.15, 0.2) is 0 Å². The molecule has 10 rings (SSSR count). The van der Waals surface area contributed by atoms with Crippen LogP contribution in [0.1, 0.15) is 148 Å². The minimum absolute atomic E-state index is 0. The van der Waals surface area contributed by atoms with Crippen LogP contribution in [0.2, 0.25) is 0 Å². The van der Waals surface area contributed by atoms with Crippen molar-refractivity contribution < 1.29 is 34.3 Å². The van der Waals surface area contributed by atoms with Gasteiger partial charge in [-0.15, -0.1) is 0 Å². The van der Waals surface area contributed by atoms with Gasteiger partial charge >= 0.3 is 17.9 Å². The average Bonchev–Trinajstić information content (AvgIpc) is 4.21. The van der Waals surface area contributed by atoms with Gasteiger partial charge in [0.25, 0.3) is 0 Å². The molecule has 7 unspecified atom stereocenters. The molecule has 8 fully saturated rings. The topological polar surface area (TPSA) is 131 Å². The van der Waals surface area contributed by atoms with Crippen molar-refractivity contribution in [3.8, 4) is 0 Å². The lowest BCUT2D eigenvalue weighted by Gasteiger charge is -2.38. The number of benzene rings is 2. The number of esters is 3. The predicted molar refractivity (Wildman–Crippen MR) is 268 cm³/mol. The Hall–Kier alpha value is -3.53. The summed E-state index contributed by atoms with van der Waals surface area (Å²) in [5, 5.41) is 7.25. The summed E-state index contributed by atoms with van der Waals surface area (Å²) in [5.41, 5.74) is 11.8. The Morgan fingerprint density at radius 1 is 0.642 bits per heavy atom. The van der Waals surface area contributed by atoms with Gasteiger partial charge in [0, 0.05) is 31.1 Å². The molecular formula is C58H90N3O6+. The summed E-state index contributed by atoms with van der Waals surface area (Å²) in [6, 6.07) is 18.1. The third kappa shape index (κ3) is 11.1. The summed E-state index contributed by atoms with van der Waals surface area (Å²) in [7, 11) is 1.51. The van der Waals surface area contributed by atoms with E-state index >= 15 is 0 Å². The molecule has 14 atom stereocenters. The minimum atomic E-state index is -0.0291. The molecule has 2 aromatic rings. The zero-order chi connectivity index (χ0) is 47.3. The Labute approximate surface area is 405 Å². The third-order valence-electron chi connectivity index (χ3n) is 18.8. The quantitative estimate of drug-likeness (QED) is 0.109. The van der Waals surface area contributed by atoms with Crippen LogP contribution in [0, 0.1) is 83.9 Å². The van der Waals surface area contributed by atoms with E-state index in [1.54, 1.807) is 5.57 Å². The van der Waals surface area contributed by atoms with Gasteiger partial charge in [-0.3, -0.25) is 14.4 Å². The lowest BCUT2D eigenvalue weighted by Crippen LogP contribution is -2.68. The van der Waals surface area contributed by atoms with Crippen molar-refractivity contribution in [3.05, 3.63) is 82.9 Å². The first-order valence-electron chi connectivity index (χ1n) is 26.2. The normalized spacial score (nSPS) is 35.1. The van der Waals surface area contributed by atoms with Gasteiger partial charge in [-0.25, -0.2) is 0 Å². The zero-order valence-corrected chi connectivity index (χ0v) is 42.0. The minimum Gasteiger partial charge on any atom is -0.469 e. The molecule has 5 N–H and O–H groups in total. The van der Waals surface area contributed by atoms with E-state index in [4.69, 9.17) is 14.2 Å². The van der Waals surface area contributed by atoms with E-state index in [1.807, 2.05) is 13.8 Å². The second-order valence-corrected chi connectivity index (χ2v) is 22.3. The number of rotatable bonds is 12. The molecule has 0 aliphatic heterocycles. The maximum Gasteiger partial charge on any atom is 0.315 e. The van der Waals surface area contributed by atoms with Crippen molar-refractivity contribution in [2.45, 2.75) is 171 Å². The van der Waals surface area contributed by atoms with Crippen molar-refractivity contribution in [2.24, 2.45) is 70.0 Å². The zero-order valence-electron chi connectivity index (χ0n) is 42.0. The Balaban J connectivity index is 0.000000151. The van der Waals surface area contributed by atoms with E-state index in [2.05, 4.69) is 106 Å². The number of quaternary nitrogens is 1. The number of hydrogen-bond acceptors (Lipinski definition) is 8. The van der Waals surface area contributed by atoms with Crippen LogP contribution in [-0.2, 0) is 41.7 Å². The average molecular weight is 925 g/mol. The van der Waals surface area contributed by atoms with Crippen LogP contribution in [0.25, 0.3) is 0 Å². The first kappa shape index (κ1) is 52.8. The van der Waals surface area contributed by atoms with Crippen molar-refractivity contribution >= 4 is 17.9 Å². The van der Waals surface area contributed by atoms with Crippen LogP contribution in [0.4, 0.5) is 0 Å². The summed E-state index contributed by atoms with van der Waals surface area (Å²) in [6.45, 7) is 22.1. The van der Waals surface area contributed by atoms with E-state index in [0.29, 0.717) is 77.7 Å². The van der Waals surface area contributed by atoms with Gasteiger partial charge in [0.05, 0.1) is 32.2 Å². The van der Waals surface area contributed by atoms with Crippen LogP contribution in [0.15, 0.2) is 60.7 Å². The monoisotopic (exact) mass is 925 g/mol. The molecule has 372 valence electrons. The van der Waals surface area contributed by atoms with Crippen molar-refractivity contribution in [2.75, 3.05) is 20.3 Å². The fraction of sp³-hybridized carbons (Fsp3) is 0.707. The summed E-state index contributed by atoms with van der Waals surface area (Å²) in [5.74, 6) is 4.77. The molecule has 8 aliphatic carbocycles. The van der Waals surface area contributed by atoms with E-state index in [0.717, 1.165) is 19.0 Å². The first-order valence-corrected chi connectivity index (χ1v) is 26.2. The predicted octanol–water partition coefficient (Wildman–Crippen LogP) is 10.4. The van der Waals surface area contributed by atoms with Gasteiger partial charge in [0.1, 0.15) is 12.0 Å². The summed E-state index contributed by atoms with van der Waals surface area (Å²) in [6.07, 6.45) is 16.4. The maximum atomic E-state index is 12.2. The standard InChI is InChI=1S/C18H25NO2.C17H23NO2.C12H20.C10H17NO2.CH4/c1-3-21-18(20)16-14-8-9-15(10-14)17(16)19-11-13-6-4-12(2)5-7-13;1-11-3-5-12(6-4-11)10-18-16-14-8-7-13(9-14)15(16)17(19)20-2;1-5-12-7-6-10(8-9(12)2)11(12,3)4;1-2-13-10(12)8-6-3-4-7(5-6)9(8)11;/h4-7,14-17,19H,3,8-11H2,1-2H3;3-6,13-16,18H,7-10H2,1-2H3;10H,2,5-8H2,1,3-4H3;6-9H,2-5,11H2,1H3;1H4/p+1/t14-,15+,16?,17?;13-,14+,15?,16?;10?,12-;6-,7+,8?,9?;/m0000./s1. The van der Waals surface area contributed by atoms with Gasteiger partial charge < -0.3 is 30.6 Å². The number of carbonyl (C=O) groups is 3. The van der Waals surface area contributed by atoms with Gasteiger partial charge in [0.2, 0.25) is 0 Å². The van der Waals surface area contributed by atoms with Crippen LogP contribution < -0.4 is 16.4 Å². The van der Waals surface area contributed by atoms with Gasteiger partial charge in [-0.05, 0) is 169 Å². The maximum absolute atomic E-state index is 12.2. The number of carbonyl (C=O) groups excluding carboxylic acids is 3. The molecule has 8 bridgehead atoms. The van der Waals surface area contributed by atoms with Crippen LogP contribution in [0.5, 0.6) is 0 Å². The van der Waals surface area contributed by atoms with Crippen LogP contribution in [0.3, 0.4) is 0 Å². The van der Waals surface area contributed by atoms with Crippen molar-refractivity contribution in [1.82, 2.24) is 10.6 Å². The summed E-state index contributed by atoms with van der Waals surface area (Å²) < 4.78 is 15.4. The van der Waals surface area contributed by atoms with E-state index in [-0.39, 0.29) is 43.1 Å². The lowest BCUT2D eigenvalue weighted by atomic mass is 9.66. The smallest absolute Gasteiger partial charge is 0.315 e. The number of hydrogen-bond donors (Lipinski definition) is 3. The second-order valence-electron chi connectivity index (χ2n) is 22.3. The lowest BCUT2D eigenvalue weighted by molar-refractivity contribution is -0.440. The summed E-state index contributed by atoms with van der Waals surface area (Å²) in [4.78, 5) is 35.8. The summed E-state index contributed by atoms with van der Waals surface area (Å²) >= 11 is 0. The van der Waals surface area contributed by atoms with Gasteiger partial charge in [-0.1, -0.05) is 100 Å². The first-order chi connectivity index (χ1) is 31.7. The van der Waals surface area contributed by atoms with Crippen LogP contribution in [-0.4, -0.2) is 56.4 Å². The highest BCUT2D eigenvalue weighted by molar-refractivity contribution is 5.75. The third-order valence-corrected chi connectivity index (χ3v) is 18.8. The Kier molecular flexibility index (Phi) is 18.1. The van der Waals surface area contributed by atoms with Crippen LogP contribution >= 0.6 is 0 Å². The SMILES string of the molecule is C.C=C1CC2CC[C@]1(CC)C2(C)C.CCOC(=O)C1C(NCc2ccc(C)cc2)[C@@H]2CC[C@H]1C2.CCOC(=O)C1C([NH3+])[C@@H]2CC[C@H]1C2.COC(=O)C1C(NCc2ccc(C)cc2)[C@@H]2CC[C@H]1C2. The number of ether oxygens (including phenoxy) is 3. The molecule has 0 spiro atoms. The molecule has 0 saturated heterocycles. The number of aryl methyl sites for hydroxylation is 2. The highest BCUT2D eigenvalue weighted by atomic mass is 16.5. The number of fused-ring (bicyclic) bond motifs is 8. The molecule has 2 aromatic carbocycles. The molecular weight excluding hydrogens is 835 g/mol. The second kappa shape index (κ2) is 22.9. The number of allylic oxidation sites excluding steroid dienone is 1. The Morgan fingerprint density at radius 2 is 1.06 bits per heavy atom. The molecule has 9 heteroatoms. The largest absolute Gasteiger partial charge is 0.469 e. The molecule has 0 radical (unpaired) electrons. The Bertz CT molecular complexity index is 1960. The molecule has 67 heavy (non-hydrogen) atoms.